The number of unbranched alkanes of at least 4 members (excludes halogenated alkanes) is 1. The number of hydrogen-bond acceptors (Lipinski definition) is 5. The van der Waals surface area contributed by atoms with E-state index in [1.54, 1.807) is 24.3 Å². The van der Waals surface area contributed by atoms with Crippen LogP contribution in [0.3, 0.4) is 0 Å². The molecule has 7 nitrogen and oxygen atoms in total. The summed E-state index contributed by atoms with van der Waals surface area (Å²) in [5.74, 6) is -1.78. The Morgan fingerprint density at radius 3 is 2.31 bits per heavy atom. The van der Waals surface area contributed by atoms with Crippen molar-refractivity contribution < 1.29 is 19.6 Å². The van der Waals surface area contributed by atoms with Crippen LogP contribution in [0.25, 0.3) is 5.76 Å². The molecular formula is C21H19ClN2O5. The maximum absolute atomic E-state index is 12.8. The third-order valence-corrected chi connectivity index (χ3v) is 5.08. The van der Waals surface area contributed by atoms with Crippen LogP contribution in [0.2, 0.25) is 5.02 Å². The third-order valence-electron chi connectivity index (χ3n) is 4.83. The van der Waals surface area contributed by atoms with Gasteiger partial charge < -0.3 is 10.0 Å². The van der Waals surface area contributed by atoms with Crippen molar-refractivity contribution in [3.05, 3.63) is 80.4 Å². The molecule has 1 heterocycles. The fourth-order valence-corrected chi connectivity index (χ4v) is 3.45. The highest BCUT2D eigenvalue weighted by atomic mass is 35.5. The summed E-state index contributed by atoms with van der Waals surface area (Å²) in [5.41, 5.74) is 0.732. The van der Waals surface area contributed by atoms with E-state index < -0.39 is 22.7 Å². The number of nitro benzene ring substituents is 1. The van der Waals surface area contributed by atoms with Crippen LogP contribution in [0, 0.1) is 10.1 Å². The summed E-state index contributed by atoms with van der Waals surface area (Å²) in [6.07, 6.45) is 1.49. The van der Waals surface area contributed by atoms with Crippen LogP contribution >= 0.6 is 11.6 Å². The highest BCUT2D eigenvalue weighted by Gasteiger charge is 2.45. The first-order valence-electron chi connectivity index (χ1n) is 9.13. The Morgan fingerprint density at radius 2 is 1.76 bits per heavy atom. The van der Waals surface area contributed by atoms with Crippen LogP contribution in [0.5, 0.6) is 0 Å². The molecule has 8 heteroatoms. The van der Waals surface area contributed by atoms with Crippen molar-refractivity contribution in [2.24, 2.45) is 0 Å². The summed E-state index contributed by atoms with van der Waals surface area (Å²) in [6, 6.07) is 11.1. The highest BCUT2D eigenvalue weighted by molar-refractivity contribution is 6.46. The Labute approximate surface area is 172 Å². The molecule has 0 unspecified atom stereocenters. The first-order chi connectivity index (χ1) is 13.8. The lowest BCUT2D eigenvalue weighted by Gasteiger charge is -2.25. The molecule has 0 saturated carbocycles. The van der Waals surface area contributed by atoms with Gasteiger partial charge in [-0.15, -0.1) is 0 Å². The molecule has 1 N–H and O–H groups in total. The number of likely N-dealkylation sites (tertiary alicyclic amines) is 1. The molecule has 1 atom stereocenters. The minimum absolute atomic E-state index is 0.0396. The summed E-state index contributed by atoms with van der Waals surface area (Å²) in [5, 5.41) is 22.3. The molecule has 0 aliphatic carbocycles. The van der Waals surface area contributed by atoms with E-state index >= 15 is 0 Å². The smallest absolute Gasteiger partial charge is 0.295 e. The Morgan fingerprint density at radius 1 is 1.14 bits per heavy atom. The standard InChI is InChI=1S/C21H19ClN2O5/c1-2-3-12-23-18(13-6-10-16(11-7-13)24(28)29)17(20(26)21(23)27)19(25)14-4-8-15(22)9-5-14/h4-11,18,25H,2-3,12H2,1H3/t18-/m1/s1. The van der Waals surface area contributed by atoms with Gasteiger partial charge in [-0.2, -0.15) is 0 Å². The molecule has 1 fully saturated rings. The number of nitrogens with zero attached hydrogens (tertiary/aromatic N) is 2. The molecular weight excluding hydrogens is 396 g/mol. The predicted molar refractivity (Wildman–Crippen MR) is 108 cm³/mol. The van der Waals surface area contributed by atoms with Gasteiger partial charge in [0.25, 0.3) is 17.4 Å². The molecule has 1 aliphatic heterocycles. The maximum atomic E-state index is 12.8. The van der Waals surface area contributed by atoms with E-state index in [1.807, 2.05) is 6.92 Å². The van der Waals surface area contributed by atoms with E-state index in [0.29, 0.717) is 29.1 Å². The molecule has 29 heavy (non-hydrogen) atoms. The van der Waals surface area contributed by atoms with Crippen molar-refractivity contribution in [3.63, 3.8) is 0 Å². The van der Waals surface area contributed by atoms with Gasteiger partial charge in [-0.3, -0.25) is 19.7 Å². The molecule has 1 amide bonds. The van der Waals surface area contributed by atoms with Gasteiger partial charge in [0.2, 0.25) is 0 Å². The Balaban J connectivity index is 2.14. The number of ketones is 1. The predicted octanol–water partition coefficient (Wildman–Crippen LogP) is 4.47. The molecule has 3 rings (SSSR count). The minimum Gasteiger partial charge on any atom is -0.507 e. The molecule has 0 radical (unpaired) electrons. The fraction of sp³-hybridized carbons (Fsp3) is 0.238. The number of carbonyl (C=O) groups excluding carboxylic acids is 2. The maximum Gasteiger partial charge on any atom is 0.295 e. The Hall–Kier alpha value is -3.19. The average Bonchev–Trinajstić information content (AvgIpc) is 2.97. The van der Waals surface area contributed by atoms with Crippen molar-refractivity contribution in [2.75, 3.05) is 6.54 Å². The van der Waals surface area contributed by atoms with E-state index in [9.17, 15) is 24.8 Å². The van der Waals surface area contributed by atoms with E-state index in [1.165, 1.54) is 29.2 Å². The summed E-state index contributed by atoms with van der Waals surface area (Å²) in [4.78, 5) is 37.3. The number of aliphatic hydroxyl groups is 1. The van der Waals surface area contributed by atoms with Crippen LogP contribution < -0.4 is 0 Å². The second-order valence-corrected chi connectivity index (χ2v) is 7.14. The van der Waals surface area contributed by atoms with Crippen molar-refractivity contribution in [1.29, 1.82) is 0 Å². The third kappa shape index (κ3) is 4.00. The van der Waals surface area contributed by atoms with E-state index in [0.717, 1.165) is 6.42 Å². The molecule has 0 aromatic heterocycles. The van der Waals surface area contributed by atoms with Gasteiger partial charge in [-0.1, -0.05) is 24.9 Å². The lowest BCUT2D eigenvalue weighted by Crippen LogP contribution is -2.30. The lowest BCUT2D eigenvalue weighted by molar-refractivity contribution is -0.384. The zero-order valence-corrected chi connectivity index (χ0v) is 16.4. The average molecular weight is 415 g/mol. The van der Waals surface area contributed by atoms with E-state index in [4.69, 9.17) is 11.6 Å². The summed E-state index contributed by atoms with van der Waals surface area (Å²) < 4.78 is 0. The van der Waals surface area contributed by atoms with E-state index in [-0.39, 0.29) is 17.0 Å². The number of carbonyl (C=O) groups is 2. The van der Waals surface area contributed by atoms with Crippen molar-refractivity contribution in [3.8, 4) is 0 Å². The Bertz CT molecular complexity index is 983. The molecule has 0 spiro atoms. The van der Waals surface area contributed by atoms with Crippen LogP contribution in [-0.4, -0.2) is 33.2 Å². The molecule has 0 bridgehead atoms. The zero-order valence-electron chi connectivity index (χ0n) is 15.7. The molecule has 2 aromatic rings. The number of benzene rings is 2. The first kappa shape index (κ1) is 20.5. The number of amides is 1. The minimum atomic E-state index is -0.821. The van der Waals surface area contributed by atoms with Crippen LogP contribution in [0.1, 0.15) is 36.9 Å². The summed E-state index contributed by atoms with van der Waals surface area (Å²) in [6.45, 7) is 2.30. The topological polar surface area (TPSA) is 101 Å². The molecule has 2 aromatic carbocycles. The largest absolute Gasteiger partial charge is 0.507 e. The second-order valence-electron chi connectivity index (χ2n) is 6.70. The van der Waals surface area contributed by atoms with Gasteiger partial charge in [0, 0.05) is 29.3 Å². The second kappa shape index (κ2) is 8.45. The number of Topliss-reactive ketones (excluding diaryl/α,β-unsaturated/α-hetero) is 1. The number of halogens is 1. The molecule has 1 saturated heterocycles. The highest BCUT2D eigenvalue weighted by Crippen LogP contribution is 2.40. The lowest BCUT2D eigenvalue weighted by atomic mass is 9.95. The monoisotopic (exact) mass is 414 g/mol. The van der Waals surface area contributed by atoms with Crippen LogP contribution in [-0.2, 0) is 9.59 Å². The van der Waals surface area contributed by atoms with Crippen LogP contribution in [0.4, 0.5) is 5.69 Å². The van der Waals surface area contributed by atoms with Gasteiger partial charge in [0.05, 0.1) is 16.5 Å². The van der Waals surface area contributed by atoms with Crippen molar-refractivity contribution in [1.82, 2.24) is 4.90 Å². The van der Waals surface area contributed by atoms with Gasteiger partial charge in [-0.05, 0) is 48.4 Å². The summed E-state index contributed by atoms with van der Waals surface area (Å²) in [7, 11) is 0. The SMILES string of the molecule is CCCCN1C(=O)C(=O)C(=C(O)c2ccc(Cl)cc2)[C@H]1c1ccc([N+](=O)[O-])cc1. The first-order valence-corrected chi connectivity index (χ1v) is 9.51. The fourth-order valence-electron chi connectivity index (χ4n) is 3.33. The van der Waals surface area contributed by atoms with Crippen LogP contribution in [0.15, 0.2) is 54.1 Å². The van der Waals surface area contributed by atoms with Crippen molar-refractivity contribution in [2.45, 2.75) is 25.8 Å². The molecule has 1 aliphatic rings. The molecule has 150 valence electrons. The quantitative estimate of drug-likeness (QED) is 0.247. The van der Waals surface area contributed by atoms with Gasteiger partial charge >= 0.3 is 0 Å². The normalized spacial score (nSPS) is 18.3. The van der Waals surface area contributed by atoms with E-state index in [2.05, 4.69) is 0 Å². The number of rotatable bonds is 6. The number of non-ortho nitro benzene ring substituents is 1. The number of nitro groups is 1. The van der Waals surface area contributed by atoms with Crippen molar-refractivity contribution >= 4 is 34.7 Å². The zero-order chi connectivity index (χ0) is 21.1. The Kier molecular flexibility index (Phi) is 5.98. The summed E-state index contributed by atoms with van der Waals surface area (Å²) >= 11 is 5.89. The van der Waals surface area contributed by atoms with Gasteiger partial charge in [0.15, 0.2) is 0 Å². The number of aliphatic hydroxyl groups excluding tert-OH is 1. The van der Waals surface area contributed by atoms with Gasteiger partial charge in [0.1, 0.15) is 5.76 Å². The number of hydrogen-bond donors (Lipinski definition) is 1. The van der Waals surface area contributed by atoms with Gasteiger partial charge in [-0.25, -0.2) is 0 Å².